The lowest BCUT2D eigenvalue weighted by Crippen LogP contribution is -1.94. The fourth-order valence-electron chi connectivity index (χ4n) is 4.22. The Kier molecular flexibility index (Phi) is 3.17. The van der Waals surface area contributed by atoms with Gasteiger partial charge in [0.15, 0.2) is 0 Å². The summed E-state index contributed by atoms with van der Waals surface area (Å²) < 4.78 is 2.27. The van der Waals surface area contributed by atoms with E-state index in [4.69, 9.17) is 0 Å². The van der Waals surface area contributed by atoms with Crippen LogP contribution in [0.5, 0.6) is 0 Å². The zero-order valence-electron chi connectivity index (χ0n) is 15.2. The largest absolute Gasteiger partial charge is 0.296 e. The number of benzene rings is 3. The molecule has 0 aliphatic rings. The first-order valence-corrected chi connectivity index (χ1v) is 9.00. The second-order valence-electron chi connectivity index (χ2n) is 7.10. The molecule has 0 unspecified atom stereocenters. The van der Waals surface area contributed by atoms with Gasteiger partial charge in [-0.25, -0.2) is 4.98 Å². The van der Waals surface area contributed by atoms with Gasteiger partial charge in [-0.05, 0) is 60.5 Å². The Hall–Kier alpha value is -3.13. The molecule has 0 aliphatic heterocycles. The van der Waals surface area contributed by atoms with E-state index in [1.807, 2.05) is 6.20 Å². The summed E-state index contributed by atoms with van der Waals surface area (Å²) in [7, 11) is 0. The third kappa shape index (κ3) is 2.02. The molecule has 126 valence electrons. The molecule has 2 heteroatoms. The Morgan fingerprint density at radius 2 is 1.46 bits per heavy atom. The number of aromatic nitrogens is 2. The number of hydrogen-bond donors (Lipinski definition) is 0. The minimum Gasteiger partial charge on any atom is -0.296 e. The standard InChI is InChI=1S/C24H20N2/c1-15-7-6-8-16(2)23(15)18-11-12-22-21(13-18)19-9-4-5-10-20(19)24-25-14-17(3)26(22)24/h4-14H,1-3H3. The number of rotatable bonds is 1. The summed E-state index contributed by atoms with van der Waals surface area (Å²) in [5.74, 6) is 0. The van der Waals surface area contributed by atoms with Crippen LogP contribution in [0.2, 0.25) is 0 Å². The lowest BCUT2D eigenvalue weighted by atomic mass is 9.94. The maximum Gasteiger partial charge on any atom is 0.145 e. The van der Waals surface area contributed by atoms with E-state index in [0.717, 1.165) is 11.3 Å². The molecule has 2 heterocycles. The van der Waals surface area contributed by atoms with Gasteiger partial charge in [-0.2, -0.15) is 0 Å². The van der Waals surface area contributed by atoms with Crippen molar-refractivity contribution in [2.45, 2.75) is 20.8 Å². The summed E-state index contributed by atoms with van der Waals surface area (Å²) in [6, 6.07) is 21.9. The van der Waals surface area contributed by atoms with Crippen molar-refractivity contribution in [3.63, 3.8) is 0 Å². The second kappa shape index (κ2) is 5.43. The molecule has 5 rings (SSSR count). The molecular weight excluding hydrogens is 316 g/mol. The molecule has 0 amide bonds. The van der Waals surface area contributed by atoms with E-state index in [0.29, 0.717) is 0 Å². The minimum atomic E-state index is 1.03. The predicted molar refractivity (Wildman–Crippen MR) is 110 cm³/mol. The van der Waals surface area contributed by atoms with Gasteiger partial charge in [0.1, 0.15) is 5.65 Å². The Labute approximate surface area is 152 Å². The molecule has 0 atom stereocenters. The van der Waals surface area contributed by atoms with Crippen molar-refractivity contribution in [3.8, 4) is 11.1 Å². The van der Waals surface area contributed by atoms with E-state index >= 15 is 0 Å². The Balaban J connectivity index is 1.97. The van der Waals surface area contributed by atoms with E-state index in [1.54, 1.807) is 0 Å². The van der Waals surface area contributed by atoms with Gasteiger partial charge in [-0.3, -0.25) is 4.40 Å². The molecule has 3 aromatic carbocycles. The lowest BCUT2D eigenvalue weighted by Gasteiger charge is -2.14. The molecule has 0 aliphatic carbocycles. The fourth-order valence-corrected chi connectivity index (χ4v) is 4.22. The summed E-state index contributed by atoms with van der Waals surface area (Å²) in [4.78, 5) is 4.67. The third-order valence-electron chi connectivity index (χ3n) is 5.40. The molecule has 5 aromatic rings. The van der Waals surface area contributed by atoms with E-state index in [2.05, 4.69) is 90.8 Å². The van der Waals surface area contributed by atoms with Gasteiger partial charge >= 0.3 is 0 Å². The van der Waals surface area contributed by atoms with Gasteiger partial charge in [-0.15, -0.1) is 0 Å². The summed E-state index contributed by atoms with van der Waals surface area (Å²) in [5, 5.41) is 3.73. The van der Waals surface area contributed by atoms with Crippen LogP contribution in [0.25, 0.3) is 38.4 Å². The molecule has 2 aromatic heterocycles. The molecule has 26 heavy (non-hydrogen) atoms. The highest BCUT2D eigenvalue weighted by Crippen LogP contribution is 2.34. The Morgan fingerprint density at radius 1 is 0.731 bits per heavy atom. The predicted octanol–water partition coefficient (Wildman–Crippen LogP) is 6.23. The van der Waals surface area contributed by atoms with E-state index in [9.17, 15) is 0 Å². The molecular formula is C24H20N2. The molecule has 0 radical (unpaired) electrons. The summed E-state index contributed by atoms with van der Waals surface area (Å²) >= 11 is 0. The van der Waals surface area contributed by atoms with Crippen LogP contribution in [-0.2, 0) is 0 Å². The maximum absolute atomic E-state index is 4.67. The number of fused-ring (bicyclic) bond motifs is 6. The van der Waals surface area contributed by atoms with Gasteiger partial charge < -0.3 is 0 Å². The zero-order chi connectivity index (χ0) is 17.8. The first kappa shape index (κ1) is 15.2. The van der Waals surface area contributed by atoms with Crippen LogP contribution >= 0.6 is 0 Å². The van der Waals surface area contributed by atoms with Crippen LogP contribution in [0, 0.1) is 20.8 Å². The average Bonchev–Trinajstić information content (AvgIpc) is 3.04. The topological polar surface area (TPSA) is 17.3 Å². The van der Waals surface area contributed by atoms with Crippen molar-refractivity contribution < 1.29 is 0 Å². The number of aryl methyl sites for hydroxylation is 3. The molecule has 0 saturated heterocycles. The van der Waals surface area contributed by atoms with E-state index < -0.39 is 0 Å². The summed E-state index contributed by atoms with van der Waals surface area (Å²) in [5.41, 5.74) is 8.64. The quantitative estimate of drug-likeness (QED) is 0.332. The number of pyridine rings is 1. The van der Waals surface area contributed by atoms with E-state index in [-0.39, 0.29) is 0 Å². The van der Waals surface area contributed by atoms with Gasteiger partial charge in [-0.1, -0.05) is 48.5 Å². The average molecular weight is 336 g/mol. The molecule has 0 fully saturated rings. The van der Waals surface area contributed by atoms with Gasteiger partial charge in [0.2, 0.25) is 0 Å². The Bertz CT molecular complexity index is 1290. The molecule has 0 saturated carbocycles. The van der Waals surface area contributed by atoms with Crippen LogP contribution in [-0.4, -0.2) is 9.38 Å². The van der Waals surface area contributed by atoms with Gasteiger partial charge in [0.05, 0.1) is 5.52 Å². The van der Waals surface area contributed by atoms with Crippen LogP contribution < -0.4 is 0 Å². The molecule has 2 nitrogen and oxygen atoms in total. The van der Waals surface area contributed by atoms with Gasteiger partial charge in [0, 0.05) is 22.7 Å². The van der Waals surface area contributed by atoms with Gasteiger partial charge in [0.25, 0.3) is 0 Å². The lowest BCUT2D eigenvalue weighted by molar-refractivity contribution is 1.17. The van der Waals surface area contributed by atoms with Crippen LogP contribution in [0.1, 0.15) is 16.8 Å². The number of nitrogens with zero attached hydrogens (tertiary/aromatic N) is 2. The fraction of sp³-hybridized carbons (Fsp3) is 0.125. The van der Waals surface area contributed by atoms with Crippen LogP contribution in [0.15, 0.2) is 66.9 Å². The van der Waals surface area contributed by atoms with Crippen molar-refractivity contribution in [1.29, 1.82) is 0 Å². The second-order valence-corrected chi connectivity index (χ2v) is 7.10. The number of imidazole rings is 1. The van der Waals surface area contributed by atoms with Crippen molar-refractivity contribution >= 4 is 27.3 Å². The Morgan fingerprint density at radius 3 is 2.23 bits per heavy atom. The number of hydrogen-bond acceptors (Lipinski definition) is 1. The highest BCUT2D eigenvalue weighted by atomic mass is 15.0. The zero-order valence-corrected chi connectivity index (χ0v) is 15.2. The maximum atomic E-state index is 4.67. The normalized spacial score (nSPS) is 11.7. The smallest absolute Gasteiger partial charge is 0.145 e. The van der Waals surface area contributed by atoms with Crippen molar-refractivity contribution in [2.24, 2.45) is 0 Å². The molecule has 0 bridgehead atoms. The monoisotopic (exact) mass is 336 g/mol. The third-order valence-corrected chi connectivity index (χ3v) is 5.40. The highest BCUT2D eigenvalue weighted by molar-refractivity contribution is 6.12. The van der Waals surface area contributed by atoms with Crippen LogP contribution in [0.4, 0.5) is 0 Å². The first-order chi connectivity index (χ1) is 12.6. The SMILES string of the molecule is Cc1cccc(C)c1-c1ccc2c(c1)c1ccccc1c1ncc(C)n21. The molecule has 0 N–H and O–H groups in total. The van der Waals surface area contributed by atoms with E-state index in [1.165, 1.54) is 43.9 Å². The van der Waals surface area contributed by atoms with Crippen molar-refractivity contribution in [1.82, 2.24) is 9.38 Å². The summed E-state index contributed by atoms with van der Waals surface area (Å²) in [6.45, 7) is 6.50. The van der Waals surface area contributed by atoms with Crippen molar-refractivity contribution in [3.05, 3.63) is 83.7 Å². The minimum absolute atomic E-state index is 1.03. The highest BCUT2D eigenvalue weighted by Gasteiger charge is 2.13. The first-order valence-electron chi connectivity index (χ1n) is 9.00. The molecule has 0 spiro atoms. The summed E-state index contributed by atoms with van der Waals surface area (Å²) in [6.07, 6.45) is 1.96. The van der Waals surface area contributed by atoms with Crippen LogP contribution in [0.3, 0.4) is 0 Å². The van der Waals surface area contributed by atoms with Crippen molar-refractivity contribution in [2.75, 3.05) is 0 Å².